The number of hydrogen-bond donors (Lipinski definition) is 1. The number of aromatic nitrogens is 4. The van der Waals surface area contributed by atoms with Gasteiger partial charge in [-0.1, -0.05) is 30.8 Å². The Bertz CT molecular complexity index is 1290. The van der Waals surface area contributed by atoms with Crippen molar-refractivity contribution >= 4 is 45.5 Å². The summed E-state index contributed by atoms with van der Waals surface area (Å²) in [5.41, 5.74) is 6.77. The quantitative estimate of drug-likeness (QED) is 0.281. The molecule has 0 fully saturated rings. The Labute approximate surface area is 206 Å². The van der Waals surface area contributed by atoms with Gasteiger partial charge in [-0.05, 0) is 56.9 Å². The maximum absolute atomic E-state index is 12.6. The van der Waals surface area contributed by atoms with Gasteiger partial charge in [-0.3, -0.25) is 4.79 Å². The van der Waals surface area contributed by atoms with Crippen LogP contribution in [0.2, 0.25) is 0 Å². The predicted octanol–water partition coefficient (Wildman–Crippen LogP) is 6.50. The van der Waals surface area contributed by atoms with Crippen LogP contribution in [0.1, 0.15) is 34.9 Å². The first-order valence-electron chi connectivity index (χ1n) is 10.8. The van der Waals surface area contributed by atoms with E-state index < -0.39 is 0 Å². The minimum atomic E-state index is -0.101. The average Bonchev–Trinajstić information content (AvgIpc) is 3.49. The highest BCUT2D eigenvalue weighted by Gasteiger charge is 2.18. The number of nitrogens with one attached hydrogen (secondary N) is 1. The third-order valence-corrected chi connectivity index (χ3v) is 8.31. The van der Waals surface area contributed by atoms with Crippen LogP contribution in [-0.4, -0.2) is 31.4 Å². The van der Waals surface area contributed by atoms with E-state index in [2.05, 4.69) is 83.3 Å². The molecule has 0 saturated carbocycles. The fourth-order valence-electron chi connectivity index (χ4n) is 3.40. The van der Waals surface area contributed by atoms with Gasteiger partial charge in [0.25, 0.3) is 0 Å². The van der Waals surface area contributed by atoms with Crippen LogP contribution in [0.4, 0.5) is 5.13 Å². The lowest BCUT2D eigenvalue weighted by atomic mass is 10.1. The number of thiophene rings is 1. The predicted molar refractivity (Wildman–Crippen MR) is 139 cm³/mol. The van der Waals surface area contributed by atoms with Crippen molar-refractivity contribution in [2.45, 2.75) is 52.7 Å². The number of amides is 1. The molecule has 0 aliphatic carbocycles. The Morgan fingerprint density at radius 2 is 1.91 bits per heavy atom. The highest BCUT2D eigenvalue weighted by atomic mass is 32.2. The Balaban J connectivity index is 1.43. The van der Waals surface area contributed by atoms with Gasteiger partial charge in [-0.2, -0.15) is 0 Å². The van der Waals surface area contributed by atoms with E-state index in [1.54, 1.807) is 11.3 Å². The van der Waals surface area contributed by atoms with E-state index in [9.17, 15) is 4.79 Å². The van der Waals surface area contributed by atoms with Crippen molar-refractivity contribution in [1.29, 1.82) is 0 Å². The van der Waals surface area contributed by atoms with Gasteiger partial charge in [-0.15, -0.1) is 32.9 Å². The number of anilines is 1. The minimum Gasteiger partial charge on any atom is -0.302 e. The van der Waals surface area contributed by atoms with Gasteiger partial charge in [0.05, 0.1) is 11.4 Å². The topological polar surface area (TPSA) is 72.7 Å². The van der Waals surface area contributed by atoms with Crippen molar-refractivity contribution in [3.63, 3.8) is 0 Å². The molecule has 4 rings (SSSR count). The number of carbonyl (C=O) groups is 1. The lowest BCUT2D eigenvalue weighted by Crippen LogP contribution is -2.14. The molecule has 0 saturated heterocycles. The second-order valence-electron chi connectivity index (χ2n) is 7.96. The summed E-state index contributed by atoms with van der Waals surface area (Å²) < 4.78 is 2.12. The maximum Gasteiger partial charge on any atom is 0.236 e. The molecule has 4 aromatic rings. The molecule has 3 aromatic heterocycles. The molecule has 33 heavy (non-hydrogen) atoms. The van der Waals surface area contributed by atoms with E-state index in [0.717, 1.165) is 40.8 Å². The van der Waals surface area contributed by atoms with E-state index in [-0.39, 0.29) is 11.7 Å². The molecule has 0 radical (unpaired) electrons. The Hall–Kier alpha value is -2.49. The van der Waals surface area contributed by atoms with Gasteiger partial charge in [0.2, 0.25) is 5.91 Å². The molecule has 1 amide bonds. The molecular formula is C24H27N5OS3. The number of thioether (sulfide) groups is 1. The van der Waals surface area contributed by atoms with Gasteiger partial charge in [0, 0.05) is 33.3 Å². The molecule has 9 heteroatoms. The molecule has 1 aromatic carbocycles. The largest absolute Gasteiger partial charge is 0.302 e. The van der Waals surface area contributed by atoms with Crippen molar-refractivity contribution in [3.05, 3.63) is 50.5 Å². The molecule has 0 aliphatic rings. The smallest absolute Gasteiger partial charge is 0.236 e. The number of rotatable bonds is 8. The lowest BCUT2D eigenvalue weighted by Gasteiger charge is -2.08. The van der Waals surface area contributed by atoms with Crippen LogP contribution in [0.3, 0.4) is 0 Å². The Morgan fingerprint density at radius 1 is 1.09 bits per heavy atom. The summed E-state index contributed by atoms with van der Waals surface area (Å²) >= 11 is 4.57. The van der Waals surface area contributed by atoms with Gasteiger partial charge >= 0.3 is 0 Å². The summed E-state index contributed by atoms with van der Waals surface area (Å²) in [6, 6.07) is 6.28. The van der Waals surface area contributed by atoms with Crippen molar-refractivity contribution in [2.24, 2.45) is 0 Å². The number of benzene rings is 1. The van der Waals surface area contributed by atoms with Crippen LogP contribution in [-0.2, 0) is 11.3 Å². The summed E-state index contributed by atoms with van der Waals surface area (Å²) in [7, 11) is 0. The van der Waals surface area contributed by atoms with E-state index in [0.29, 0.717) is 5.13 Å². The lowest BCUT2D eigenvalue weighted by molar-refractivity contribution is -0.113. The molecular weight excluding hydrogens is 470 g/mol. The third-order valence-electron chi connectivity index (χ3n) is 5.58. The van der Waals surface area contributed by atoms with Gasteiger partial charge in [-0.25, -0.2) is 4.98 Å². The molecule has 1 N–H and O–H groups in total. The second kappa shape index (κ2) is 10.2. The SMILES string of the molecule is CCCn1c(SCC(=O)Nc2nc(-c3ccc(C)c(C)c3)cs2)nnc1-c1csc(C)c1C. The second-order valence-corrected chi connectivity index (χ2v) is 10.8. The third kappa shape index (κ3) is 5.20. The standard InChI is InChI=1S/C24H27N5OS3/c1-6-9-29-22(19-11-31-17(5)16(19)4)27-28-24(29)33-13-21(30)26-23-25-20(12-32-23)18-8-7-14(2)15(3)10-18/h7-8,10-12H,6,9,13H2,1-5H3,(H,25,26,30). The van der Waals surface area contributed by atoms with Crippen molar-refractivity contribution in [1.82, 2.24) is 19.7 Å². The van der Waals surface area contributed by atoms with Crippen molar-refractivity contribution in [2.75, 3.05) is 11.1 Å². The van der Waals surface area contributed by atoms with E-state index in [1.165, 1.54) is 44.7 Å². The molecule has 6 nitrogen and oxygen atoms in total. The zero-order chi connectivity index (χ0) is 23.5. The normalized spacial score (nSPS) is 11.2. The van der Waals surface area contributed by atoms with Gasteiger partial charge in [0.1, 0.15) is 0 Å². The summed E-state index contributed by atoms with van der Waals surface area (Å²) in [4.78, 5) is 18.5. The molecule has 3 heterocycles. The molecule has 0 unspecified atom stereocenters. The van der Waals surface area contributed by atoms with Crippen LogP contribution in [0.25, 0.3) is 22.6 Å². The summed E-state index contributed by atoms with van der Waals surface area (Å²) in [6.07, 6.45) is 0.966. The molecule has 0 spiro atoms. The van der Waals surface area contributed by atoms with Gasteiger partial charge < -0.3 is 9.88 Å². The number of hydrogen-bond acceptors (Lipinski definition) is 7. The monoisotopic (exact) mass is 497 g/mol. The molecule has 172 valence electrons. The highest BCUT2D eigenvalue weighted by Crippen LogP contribution is 2.32. The Kier molecular flexibility index (Phi) is 7.31. The fourth-order valence-corrected chi connectivity index (χ4v) is 5.77. The van der Waals surface area contributed by atoms with Crippen LogP contribution >= 0.6 is 34.4 Å². The molecule has 0 aliphatic heterocycles. The summed E-state index contributed by atoms with van der Waals surface area (Å²) in [5.74, 6) is 1.03. The van der Waals surface area contributed by atoms with Gasteiger partial charge in [0.15, 0.2) is 16.1 Å². The number of aryl methyl sites for hydroxylation is 3. The minimum absolute atomic E-state index is 0.101. The first-order valence-corrected chi connectivity index (χ1v) is 13.6. The number of thiazole rings is 1. The van der Waals surface area contributed by atoms with E-state index in [1.807, 2.05) is 5.38 Å². The number of carbonyl (C=O) groups excluding carboxylic acids is 1. The van der Waals surface area contributed by atoms with E-state index in [4.69, 9.17) is 0 Å². The van der Waals surface area contributed by atoms with E-state index >= 15 is 0 Å². The first-order chi connectivity index (χ1) is 15.9. The van der Waals surface area contributed by atoms with Crippen molar-refractivity contribution < 1.29 is 4.79 Å². The highest BCUT2D eigenvalue weighted by molar-refractivity contribution is 7.99. The van der Waals surface area contributed by atoms with Crippen LogP contribution in [0.5, 0.6) is 0 Å². The number of nitrogens with zero attached hydrogens (tertiary/aromatic N) is 4. The summed E-state index contributed by atoms with van der Waals surface area (Å²) in [5, 5.41) is 17.2. The fraction of sp³-hybridized carbons (Fsp3) is 0.333. The Morgan fingerprint density at radius 3 is 2.61 bits per heavy atom. The van der Waals surface area contributed by atoms with Crippen molar-refractivity contribution in [3.8, 4) is 22.6 Å². The maximum atomic E-state index is 12.6. The van der Waals surface area contributed by atoms with Crippen LogP contribution in [0, 0.1) is 27.7 Å². The first kappa shape index (κ1) is 23.7. The molecule has 0 atom stereocenters. The molecule has 0 bridgehead atoms. The van der Waals surface area contributed by atoms with Crippen LogP contribution in [0.15, 0.2) is 34.1 Å². The zero-order valence-electron chi connectivity index (χ0n) is 19.4. The summed E-state index contributed by atoms with van der Waals surface area (Å²) in [6.45, 7) is 11.4. The average molecular weight is 498 g/mol. The zero-order valence-corrected chi connectivity index (χ0v) is 21.9. The van der Waals surface area contributed by atoms with Crippen LogP contribution < -0.4 is 5.32 Å².